The summed E-state index contributed by atoms with van der Waals surface area (Å²) in [5.41, 5.74) is 0. The number of likely N-dealkylation sites (tertiary alicyclic amines) is 1. The second-order valence-corrected chi connectivity index (χ2v) is 4.39. The summed E-state index contributed by atoms with van der Waals surface area (Å²) in [5, 5.41) is 12.4. The second-order valence-electron chi connectivity index (χ2n) is 4.39. The number of aliphatic hydroxyl groups is 1. The van der Waals surface area contributed by atoms with E-state index >= 15 is 0 Å². The summed E-state index contributed by atoms with van der Waals surface area (Å²) >= 11 is 0. The molecule has 2 unspecified atom stereocenters. The molecule has 2 aliphatic heterocycles. The number of hydrogen-bond donors (Lipinski definition) is 2. The van der Waals surface area contributed by atoms with Crippen LogP contribution in [0.5, 0.6) is 0 Å². The van der Waals surface area contributed by atoms with Crippen molar-refractivity contribution in [3.8, 4) is 0 Å². The highest BCUT2D eigenvalue weighted by Crippen LogP contribution is 2.21. The lowest BCUT2D eigenvalue weighted by Gasteiger charge is -2.40. The molecule has 0 aliphatic carbocycles. The van der Waals surface area contributed by atoms with Gasteiger partial charge in [0.2, 0.25) is 5.91 Å². The van der Waals surface area contributed by atoms with Gasteiger partial charge in [-0.05, 0) is 26.3 Å². The van der Waals surface area contributed by atoms with Crippen LogP contribution in [0.15, 0.2) is 0 Å². The van der Waals surface area contributed by atoms with Crippen molar-refractivity contribution < 1.29 is 9.90 Å². The Morgan fingerprint density at radius 3 is 2.79 bits per heavy atom. The van der Waals surface area contributed by atoms with Crippen LogP contribution in [0, 0.1) is 5.92 Å². The lowest BCUT2D eigenvalue weighted by Crippen LogP contribution is -2.58. The summed E-state index contributed by atoms with van der Waals surface area (Å²) in [7, 11) is 0. The number of β-amino-alcohol motifs (C(OH)–C–C–N with tert-alkyl or cyclic N) is 1. The second kappa shape index (κ2) is 3.87. The number of hydrogen-bond acceptors (Lipinski definition) is 3. The predicted molar refractivity (Wildman–Crippen MR) is 52.8 cm³/mol. The normalized spacial score (nSPS) is 34.0. The molecule has 0 saturated carbocycles. The fourth-order valence-electron chi connectivity index (χ4n) is 2.25. The summed E-state index contributed by atoms with van der Waals surface area (Å²) in [6, 6.07) is 0.286. The van der Waals surface area contributed by atoms with Gasteiger partial charge in [-0.1, -0.05) is 0 Å². The molecular formula is C10H18N2O2. The van der Waals surface area contributed by atoms with Gasteiger partial charge in [0.25, 0.3) is 0 Å². The van der Waals surface area contributed by atoms with E-state index in [1.807, 2.05) is 0 Å². The highest BCUT2D eigenvalue weighted by Gasteiger charge is 2.36. The Kier molecular flexibility index (Phi) is 2.74. The van der Waals surface area contributed by atoms with Crippen LogP contribution >= 0.6 is 0 Å². The molecule has 0 aromatic rings. The zero-order valence-corrected chi connectivity index (χ0v) is 8.57. The topological polar surface area (TPSA) is 52.6 Å². The molecule has 2 N–H and O–H groups in total. The number of nitrogens with one attached hydrogen (secondary N) is 1. The molecule has 80 valence electrons. The molecule has 2 aliphatic rings. The van der Waals surface area contributed by atoms with E-state index in [1.165, 1.54) is 0 Å². The minimum atomic E-state index is -0.286. The highest BCUT2D eigenvalue weighted by atomic mass is 16.3. The third-order valence-electron chi connectivity index (χ3n) is 3.25. The average Bonchev–Trinajstić information content (AvgIpc) is 2.13. The number of carbonyl (C=O) groups is 1. The maximum atomic E-state index is 11.9. The molecule has 2 saturated heterocycles. The van der Waals surface area contributed by atoms with Crippen LogP contribution < -0.4 is 5.32 Å². The van der Waals surface area contributed by atoms with Crippen LogP contribution in [0.25, 0.3) is 0 Å². The van der Waals surface area contributed by atoms with E-state index in [0.717, 1.165) is 19.4 Å². The van der Waals surface area contributed by atoms with Gasteiger partial charge in [-0.2, -0.15) is 0 Å². The van der Waals surface area contributed by atoms with Crippen LogP contribution in [0.1, 0.15) is 19.8 Å². The lowest BCUT2D eigenvalue weighted by atomic mass is 9.89. The number of aliphatic hydroxyl groups excluding tert-OH is 1. The van der Waals surface area contributed by atoms with Gasteiger partial charge in [-0.3, -0.25) is 4.79 Å². The van der Waals surface area contributed by atoms with Crippen molar-refractivity contribution >= 4 is 5.91 Å². The summed E-state index contributed by atoms with van der Waals surface area (Å²) in [4.78, 5) is 13.7. The summed E-state index contributed by atoms with van der Waals surface area (Å²) < 4.78 is 0. The molecule has 1 amide bonds. The molecule has 2 rings (SSSR count). The Morgan fingerprint density at radius 2 is 2.21 bits per heavy atom. The molecule has 0 aromatic carbocycles. The SMILES string of the molecule is CC1NCCCC1C(=O)N1CC(O)C1. The average molecular weight is 198 g/mol. The fraction of sp³-hybridized carbons (Fsp3) is 0.900. The van der Waals surface area contributed by atoms with E-state index in [0.29, 0.717) is 13.1 Å². The third-order valence-corrected chi connectivity index (χ3v) is 3.25. The minimum Gasteiger partial charge on any atom is -0.389 e. The van der Waals surface area contributed by atoms with Crippen molar-refractivity contribution in [2.24, 2.45) is 5.92 Å². The number of amides is 1. The zero-order chi connectivity index (χ0) is 10.1. The van der Waals surface area contributed by atoms with Crippen molar-refractivity contribution in [3.05, 3.63) is 0 Å². The van der Waals surface area contributed by atoms with Gasteiger partial charge < -0.3 is 15.3 Å². The Morgan fingerprint density at radius 1 is 1.50 bits per heavy atom. The Bertz CT molecular complexity index is 226. The number of rotatable bonds is 1. The molecule has 0 spiro atoms. The summed E-state index contributed by atoms with van der Waals surface area (Å²) in [6.07, 6.45) is 1.78. The standard InChI is InChI=1S/C10H18N2O2/c1-7-9(3-2-4-11-7)10(14)12-5-8(13)6-12/h7-9,11,13H,2-6H2,1H3. The van der Waals surface area contributed by atoms with Crippen LogP contribution in [0.2, 0.25) is 0 Å². The van der Waals surface area contributed by atoms with Crippen molar-refractivity contribution in [1.82, 2.24) is 10.2 Å². The summed E-state index contributed by atoms with van der Waals surface area (Å²) in [6.45, 7) is 4.15. The number of nitrogens with zero attached hydrogens (tertiary/aromatic N) is 1. The van der Waals surface area contributed by atoms with Crippen LogP contribution in [0.3, 0.4) is 0 Å². The lowest BCUT2D eigenvalue weighted by molar-refractivity contribution is -0.147. The number of carbonyl (C=O) groups excluding carboxylic acids is 1. The van der Waals surface area contributed by atoms with Gasteiger partial charge in [-0.25, -0.2) is 0 Å². The zero-order valence-electron chi connectivity index (χ0n) is 8.57. The molecule has 2 atom stereocenters. The van der Waals surface area contributed by atoms with E-state index in [9.17, 15) is 4.79 Å². The van der Waals surface area contributed by atoms with E-state index < -0.39 is 0 Å². The largest absolute Gasteiger partial charge is 0.389 e. The van der Waals surface area contributed by atoms with Gasteiger partial charge in [0.05, 0.1) is 12.0 Å². The molecular weight excluding hydrogens is 180 g/mol. The van der Waals surface area contributed by atoms with E-state index in [-0.39, 0.29) is 24.0 Å². The quantitative estimate of drug-likeness (QED) is 0.601. The van der Waals surface area contributed by atoms with Gasteiger partial charge >= 0.3 is 0 Å². The third kappa shape index (κ3) is 1.77. The molecule has 0 radical (unpaired) electrons. The van der Waals surface area contributed by atoms with Crippen molar-refractivity contribution in [3.63, 3.8) is 0 Å². The van der Waals surface area contributed by atoms with E-state index in [2.05, 4.69) is 12.2 Å². The maximum absolute atomic E-state index is 11.9. The van der Waals surface area contributed by atoms with Crippen LogP contribution in [-0.2, 0) is 4.79 Å². The Balaban J connectivity index is 1.90. The Hall–Kier alpha value is -0.610. The fourth-order valence-corrected chi connectivity index (χ4v) is 2.25. The van der Waals surface area contributed by atoms with Gasteiger partial charge in [0.15, 0.2) is 0 Å². The molecule has 0 aromatic heterocycles. The first-order valence-electron chi connectivity index (χ1n) is 5.38. The predicted octanol–water partition coefficient (Wildman–Crippen LogP) is -0.422. The maximum Gasteiger partial charge on any atom is 0.227 e. The first kappa shape index (κ1) is 9.93. The van der Waals surface area contributed by atoms with Crippen LogP contribution in [0.4, 0.5) is 0 Å². The number of piperidine rings is 1. The first-order valence-corrected chi connectivity index (χ1v) is 5.38. The smallest absolute Gasteiger partial charge is 0.227 e. The van der Waals surface area contributed by atoms with Gasteiger partial charge in [0, 0.05) is 19.1 Å². The van der Waals surface area contributed by atoms with Crippen LogP contribution in [-0.4, -0.2) is 47.7 Å². The molecule has 0 bridgehead atoms. The molecule has 2 heterocycles. The first-order chi connectivity index (χ1) is 6.68. The Labute approximate surface area is 84.3 Å². The van der Waals surface area contributed by atoms with Gasteiger partial charge in [-0.15, -0.1) is 0 Å². The van der Waals surface area contributed by atoms with E-state index in [4.69, 9.17) is 5.11 Å². The minimum absolute atomic E-state index is 0.122. The molecule has 14 heavy (non-hydrogen) atoms. The summed E-state index contributed by atoms with van der Waals surface area (Å²) in [5.74, 6) is 0.339. The van der Waals surface area contributed by atoms with Crippen molar-refractivity contribution in [2.45, 2.75) is 31.9 Å². The van der Waals surface area contributed by atoms with E-state index in [1.54, 1.807) is 4.90 Å². The molecule has 4 nitrogen and oxygen atoms in total. The molecule has 4 heteroatoms. The van der Waals surface area contributed by atoms with Crippen molar-refractivity contribution in [2.75, 3.05) is 19.6 Å². The molecule has 2 fully saturated rings. The van der Waals surface area contributed by atoms with Crippen molar-refractivity contribution in [1.29, 1.82) is 0 Å². The monoisotopic (exact) mass is 198 g/mol. The van der Waals surface area contributed by atoms with Gasteiger partial charge in [0.1, 0.15) is 0 Å². The highest BCUT2D eigenvalue weighted by molar-refractivity contribution is 5.80.